The number of nitro groups is 1. The zero-order chi connectivity index (χ0) is 30.6. The van der Waals surface area contributed by atoms with Crippen LogP contribution in [0.2, 0.25) is 10.3 Å². The predicted molar refractivity (Wildman–Crippen MR) is 152 cm³/mol. The summed E-state index contributed by atoms with van der Waals surface area (Å²) in [5.41, 5.74) is 5.95. The van der Waals surface area contributed by atoms with Crippen molar-refractivity contribution in [2.24, 2.45) is 5.73 Å². The lowest BCUT2D eigenvalue weighted by Gasteiger charge is -2.18. The molecule has 40 heavy (non-hydrogen) atoms. The Hall–Kier alpha value is -3.61. The number of nitrogens with zero attached hydrogens (tertiary/aromatic N) is 3. The maximum absolute atomic E-state index is 12.3. The van der Waals surface area contributed by atoms with E-state index in [2.05, 4.69) is 9.97 Å². The summed E-state index contributed by atoms with van der Waals surface area (Å²) in [6, 6.07) is 10.7. The van der Waals surface area contributed by atoms with Crippen LogP contribution < -0.4 is 10.5 Å². The van der Waals surface area contributed by atoms with E-state index < -0.39 is 37.3 Å². The Morgan fingerprint density at radius 2 is 1.35 bits per heavy atom. The summed E-state index contributed by atoms with van der Waals surface area (Å²) < 4.78 is 26.5. The van der Waals surface area contributed by atoms with Crippen molar-refractivity contribution in [3.8, 4) is 0 Å². The zero-order valence-electron chi connectivity index (χ0n) is 22.7. The Kier molecular flexibility index (Phi) is 10.0. The van der Waals surface area contributed by atoms with E-state index in [0.29, 0.717) is 5.69 Å². The number of primary amides is 1. The number of aromatic nitrogens is 2. The summed E-state index contributed by atoms with van der Waals surface area (Å²) in [4.78, 5) is 41.1. The number of hydrogen-bond acceptors (Lipinski definition) is 8. The molecule has 0 saturated carbocycles. The smallest absolute Gasteiger partial charge is 0.270 e. The van der Waals surface area contributed by atoms with Crippen LogP contribution in [0.3, 0.4) is 0 Å². The first-order valence-corrected chi connectivity index (χ1v) is 13.9. The van der Waals surface area contributed by atoms with E-state index >= 15 is 0 Å². The molecule has 0 fully saturated rings. The minimum atomic E-state index is -4.31. The van der Waals surface area contributed by atoms with Gasteiger partial charge in [0.25, 0.3) is 27.5 Å². The van der Waals surface area contributed by atoms with Crippen molar-refractivity contribution in [1.29, 1.82) is 0 Å². The first-order valence-electron chi connectivity index (χ1n) is 11.7. The number of pyridine rings is 2. The predicted octanol–water partition coefficient (Wildman–Crippen LogP) is 5.19. The van der Waals surface area contributed by atoms with Crippen LogP contribution in [0.15, 0.2) is 53.4 Å². The number of carbonyl (C=O) groups excluding carboxylic acids is 2. The van der Waals surface area contributed by atoms with Crippen LogP contribution in [0, 0.1) is 10.1 Å². The van der Waals surface area contributed by atoms with Gasteiger partial charge in [-0.25, -0.2) is 23.1 Å². The Morgan fingerprint density at radius 3 is 1.75 bits per heavy atom. The van der Waals surface area contributed by atoms with Gasteiger partial charge in [0.05, 0.1) is 20.9 Å². The summed E-state index contributed by atoms with van der Waals surface area (Å²) >= 11 is 11.8. The summed E-state index contributed by atoms with van der Waals surface area (Å²) in [6.07, 6.45) is 0. The van der Waals surface area contributed by atoms with Crippen molar-refractivity contribution in [2.45, 2.75) is 57.3 Å². The highest BCUT2D eigenvalue weighted by Crippen LogP contribution is 2.25. The van der Waals surface area contributed by atoms with Gasteiger partial charge in [-0.2, -0.15) is 0 Å². The van der Waals surface area contributed by atoms with E-state index in [1.165, 1.54) is 12.1 Å². The molecule has 11 nitrogen and oxygen atoms in total. The Labute approximate surface area is 242 Å². The standard InChI is InChI=1S/C16H16ClN3O5S.C10H13ClN2O/c1-16(2,3)13-8-7-12(14(17)18-13)15(21)19-26(24,25)11-6-4-5-10(9-11)20(22)23;1-10(2,3)7-5-4-6(9(12)14)8(11)13-7/h4-9H,1-3H3,(H,19,21);4-5H,1-3H3,(H2,12,14). The number of amides is 2. The van der Waals surface area contributed by atoms with Gasteiger partial charge >= 0.3 is 0 Å². The normalized spacial score (nSPS) is 11.7. The maximum Gasteiger partial charge on any atom is 0.270 e. The highest BCUT2D eigenvalue weighted by atomic mass is 35.5. The number of hydrogen-bond donors (Lipinski definition) is 2. The number of rotatable bonds is 5. The minimum absolute atomic E-state index is 0.0835. The number of benzene rings is 1. The number of halogens is 2. The van der Waals surface area contributed by atoms with Crippen LogP contribution in [0.5, 0.6) is 0 Å². The zero-order valence-corrected chi connectivity index (χ0v) is 25.0. The molecule has 0 aliphatic heterocycles. The van der Waals surface area contributed by atoms with Crippen LogP contribution >= 0.6 is 23.2 Å². The molecule has 0 radical (unpaired) electrons. The number of nitrogens with one attached hydrogen (secondary N) is 1. The fraction of sp³-hybridized carbons (Fsp3) is 0.308. The molecule has 0 atom stereocenters. The third kappa shape index (κ3) is 8.44. The van der Waals surface area contributed by atoms with Gasteiger partial charge in [0.2, 0.25) is 0 Å². The molecule has 214 valence electrons. The molecular formula is C26H29Cl2N5O6S. The van der Waals surface area contributed by atoms with Gasteiger partial charge in [-0.05, 0) is 30.3 Å². The van der Waals surface area contributed by atoms with Crippen molar-refractivity contribution in [3.05, 3.63) is 91.5 Å². The molecule has 0 saturated heterocycles. The van der Waals surface area contributed by atoms with Crippen LogP contribution in [0.4, 0.5) is 5.69 Å². The molecule has 3 aromatic rings. The largest absolute Gasteiger partial charge is 0.366 e. The molecule has 0 aliphatic rings. The van der Waals surface area contributed by atoms with Crippen LogP contribution in [-0.2, 0) is 20.9 Å². The Bertz CT molecular complexity index is 1560. The molecule has 2 aromatic heterocycles. The summed E-state index contributed by atoms with van der Waals surface area (Å²) in [5, 5.41) is 10.8. The molecule has 14 heteroatoms. The second-order valence-electron chi connectivity index (χ2n) is 10.6. The molecule has 0 spiro atoms. The summed E-state index contributed by atoms with van der Waals surface area (Å²) in [7, 11) is -4.31. The van der Waals surface area contributed by atoms with Crippen molar-refractivity contribution < 1.29 is 22.9 Å². The van der Waals surface area contributed by atoms with Gasteiger partial charge < -0.3 is 5.73 Å². The van der Waals surface area contributed by atoms with E-state index in [0.717, 1.165) is 23.9 Å². The molecule has 1 aromatic carbocycles. The molecule has 3 rings (SSSR count). The minimum Gasteiger partial charge on any atom is -0.366 e. The van der Waals surface area contributed by atoms with E-state index in [4.69, 9.17) is 28.9 Å². The molecule has 3 N–H and O–H groups in total. The summed E-state index contributed by atoms with van der Waals surface area (Å²) in [5.74, 6) is -1.53. The SMILES string of the molecule is CC(C)(C)c1ccc(C(=O)NS(=O)(=O)c2cccc([N+](=O)[O-])c2)c(Cl)n1.CC(C)(C)c1ccc(C(N)=O)c(Cl)n1. The second kappa shape index (κ2) is 12.3. The Balaban J connectivity index is 0.000000337. The lowest BCUT2D eigenvalue weighted by Crippen LogP contribution is -2.31. The number of nitrogens with two attached hydrogens (primary N) is 1. The van der Waals surface area contributed by atoms with E-state index in [9.17, 15) is 28.1 Å². The molecule has 2 amide bonds. The fourth-order valence-corrected chi connectivity index (χ4v) is 4.55. The quantitative estimate of drug-likeness (QED) is 0.225. The average molecular weight is 611 g/mol. The van der Waals surface area contributed by atoms with Crippen molar-refractivity contribution >= 4 is 50.7 Å². The van der Waals surface area contributed by atoms with Crippen LogP contribution in [0.1, 0.15) is 73.6 Å². The third-order valence-electron chi connectivity index (χ3n) is 5.31. The first kappa shape index (κ1) is 32.6. The number of non-ortho nitro benzene ring substituents is 1. The number of sulfonamides is 1. The van der Waals surface area contributed by atoms with E-state index in [1.807, 2.05) is 46.3 Å². The van der Waals surface area contributed by atoms with Crippen molar-refractivity contribution in [1.82, 2.24) is 14.7 Å². The molecule has 2 heterocycles. The molecule has 0 aliphatic carbocycles. The van der Waals surface area contributed by atoms with Crippen molar-refractivity contribution in [2.75, 3.05) is 0 Å². The van der Waals surface area contributed by atoms with E-state index in [-0.39, 0.29) is 32.3 Å². The van der Waals surface area contributed by atoms with Gasteiger partial charge in [-0.1, -0.05) is 70.8 Å². The second-order valence-corrected chi connectivity index (χ2v) is 13.0. The average Bonchev–Trinajstić information content (AvgIpc) is 2.82. The number of carbonyl (C=O) groups is 2. The van der Waals surface area contributed by atoms with Crippen molar-refractivity contribution in [3.63, 3.8) is 0 Å². The lowest BCUT2D eigenvalue weighted by atomic mass is 9.91. The van der Waals surface area contributed by atoms with Gasteiger partial charge in [0.15, 0.2) is 0 Å². The van der Waals surface area contributed by atoms with Gasteiger partial charge in [-0.15, -0.1) is 0 Å². The number of nitro benzene ring substituents is 1. The van der Waals surface area contributed by atoms with Crippen LogP contribution in [0.25, 0.3) is 0 Å². The molecule has 0 bridgehead atoms. The first-order chi connectivity index (χ1) is 18.2. The Morgan fingerprint density at radius 1 is 0.875 bits per heavy atom. The van der Waals surface area contributed by atoms with Gasteiger partial charge in [-0.3, -0.25) is 19.7 Å². The highest BCUT2D eigenvalue weighted by Gasteiger charge is 2.24. The van der Waals surface area contributed by atoms with Crippen LogP contribution in [-0.4, -0.2) is 35.1 Å². The van der Waals surface area contributed by atoms with Gasteiger partial charge in [0.1, 0.15) is 10.3 Å². The van der Waals surface area contributed by atoms with Gasteiger partial charge in [0, 0.05) is 34.4 Å². The fourth-order valence-electron chi connectivity index (χ4n) is 3.06. The topological polar surface area (TPSA) is 175 Å². The maximum atomic E-state index is 12.3. The molecule has 0 unspecified atom stereocenters. The highest BCUT2D eigenvalue weighted by molar-refractivity contribution is 7.90. The lowest BCUT2D eigenvalue weighted by molar-refractivity contribution is -0.385. The molecular weight excluding hydrogens is 581 g/mol. The van der Waals surface area contributed by atoms with E-state index in [1.54, 1.807) is 18.2 Å². The monoisotopic (exact) mass is 609 g/mol. The third-order valence-corrected chi connectivity index (χ3v) is 7.22. The summed E-state index contributed by atoms with van der Waals surface area (Å²) in [6.45, 7) is 11.8.